The second kappa shape index (κ2) is 6.83. The van der Waals surface area contributed by atoms with Gasteiger partial charge in [-0.1, -0.05) is 30.3 Å². The third kappa shape index (κ3) is 3.40. The molecule has 0 atom stereocenters. The number of anilines is 1. The molecular weight excluding hydrogens is 378 g/mol. The molecule has 1 aromatic heterocycles. The first-order valence-electron chi connectivity index (χ1n) is 8.05. The van der Waals surface area contributed by atoms with Crippen molar-refractivity contribution >= 4 is 37.3 Å². The molecule has 0 radical (unpaired) electrons. The molecule has 4 aromatic rings. The van der Waals surface area contributed by atoms with Crippen LogP contribution in [0.5, 0.6) is 0 Å². The number of hydrogen-bond acceptors (Lipinski definition) is 5. The summed E-state index contributed by atoms with van der Waals surface area (Å²) in [7, 11) is -3.83. The third-order valence-electron chi connectivity index (χ3n) is 3.97. The van der Waals surface area contributed by atoms with E-state index in [1.54, 1.807) is 24.3 Å². The number of rotatable bonds is 4. The van der Waals surface area contributed by atoms with E-state index in [0.717, 1.165) is 15.2 Å². The topological polar surface area (TPSA) is 82.8 Å². The maximum absolute atomic E-state index is 12.8. The Hall–Kier alpha value is -3.21. The van der Waals surface area contributed by atoms with Crippen molar-refractivity contribution in [2.45, 2.75) is 4.90 Å². The number of sulfonamides is 1. The van der Waals surface area contributed by atoms with Crippen molar-refractivity contribution in [3.63, 3.8) is 0 Å². The van der Waals surface area contributed by atoms with Gasteiger partial charge in [0.15, 0.2) is 0 Å². The summed E-state index contributed by atoms with van der Waals surface area (Å²) in [6, 6.07) is 22.8. The first-order chi connectivity index (χ1) is 13.1. The summed E-state index contributed by atoms with van der Waals surface area (Å²) >= 11 is 1.50. The Morgan fingerprint density at radius 1 is 0.963 bits per heavy atom. The monoisotopic (exact) mass is 391 g/mol. The summed E-state index contributed by atoms with van der Waals surface area (Å²) in [4.78, 5) is 4.66. The van der Waals surface area contributed by atoms with E-state index in [1.165, 1.54) is 23.5 Å². The Balaban J connectivity index is 1.76. The summed E-state index contributed by atoms with van der Waals surface area (Å²) in [5.74, 6) is 0. The van der Waals surface area contributed by atoms with Crippen molar-refractivity contribution < 1.29 is 8.42 Å². The van der Waals surface area contributed by atoms with E-state index < -0.39 is 10.0 Å². The minimum Gasteiger partial charge on any atom is -0.279 e. The second-order valence-electron chi connectivity index (χ2n) is 5.78. The lowest BCUT2D eigenvalue weighted by molar-refractivity contribution is 0.601. The van der Waals surface area contributed by atoms with Crippen molar-refractivity contribution in [1.29, 1.82) is 5.26 Å². The van der Waals surface area contributed by atoms with Crippen LogP contribution in [0.4, 0.5) is 5.69 Å². The van der Waals surface area contributed by atoms with Crippen molar-refractivity contribution in [1.82, 2.24) is 4.98 Å². The van der Waals surface area contributed by atoms with Gasteiger partial charge in [0.25, 0.3) is 10.0 Å². The molecule has 1 heterocycles. The van der Waals surface area contributed by atoms with Crippen molar-refractivity contribution in [2.24, 2.45) is 0 Å². The van der Waals surface area contributed by atoms with E-state index in [4.69, 9.17) is 5.26 Å². The van der Waals surface area contributed by atoms with Crippen LogP contribution in [-0.2, 0) is 10.0 Å². The number of hydrogen-bond donors (Lipinski definition) is 1. The normalized spacial score (nSPS) is 11.2. The zero-order chi connectivity index (χ0) is 18.9. The number of nitriles is 1. The van der Waals surface area contributed by atoms with E-state index in [9.17, 15) is 8.42 Å². The predicted octanol–water partition coefficient (Wildman–Crippen LogP) is 4.64. The van der Waals surface area contributed by atoms with Gasteiger partial charge in [-0.15, -0.1) is 11.3 Å². The van der Waals surface area contributed by atoms with Gasteiger partial charge in [0.1, 0.15) is 5.01 Å². The number of fused-ring (bicyclic) bond motifs is 1. The minimum absolute atomic E-state index is 0.0423. The molecule has 0 fully saturated rings. The van der Waals surface area contributed by atoms with Crippen LogP contribution < -0.4 is 4.72 Å². The molecule has 0 unspecified atom stereocenters. The lowest BCUT2D eigenvalue weighted by atomic mass is 10.2. The summed E-state index contributed by atoms with van der Waals surface area (Å²) in [5, 5.41) is 9.74. The van der Waals surface area contributed by atoms with Crippen LogP contribution in [0, 0.1) is 11.3 Å². The molecule has 0 spiro atoms. The fraction of sp³-hybridized carbons (Fsp3) is 0. The molecule has 3 aromatic carbocycles. The quantitative estimate of drug-likeness (QED) is 0.549. The van der Waals surface area contributed by atoms with Gasteiger partial charge in [-0.25, -0.2) is 13.4 Å². The highest BCUT2D eigenvalue weighted by Crippen LogP contribution is 2.35. The molecule has 0 aliphatic carbocycles. The molecule has 0 aliphatic rings. The van der Waals surface area contributed by atoms with Crippen molar-refractivity contribution in [2.75, 3.05) is 4.72 Å². The smallest absolute Gasteiger partial charge is 0.261 e. The number of nitrogens with one attached hydrogen (secondary N) is 1. The molecule has 0 saturated heterocycles. The highest BCUT2D eigenvalue weighted by molar-refractivity contribution is 7.92. The summed E-state index contributed by atoms with van der Waals surface area (Å²) < 4.78 is 29.2. The maximum atomic E-state index is 12.8. The Kier molecular flexibility index (Phi) is 4.36. The average Bonchev–Trinajstić information content (AvgIpc) is 3.12. The molecule has 27 heavy (non-hydrogen) atoms. The highest BCUT2D eigenvalue weighted by atomic mass is 32.2. The van der Waals surface area contributed by atoms with Crippen LogP contribution in [-0.4, -0.2) is 13.4 Å². The molecule has 1 N–H and O–H groups in total. The van der Waals surface area contributed by atoms with E-state index in [-0.39, 0.29) is 10.5 Å². The molecule has 132 valence electrons. The van der Waals surface area contributed by atoms with Gasteiger partial charge in [-0.3, -0.25) is 4.72 Å². The van der Waals surface area contributed by atoms with Crippen LogP contribution >= 0.6 is 11.3 Å². The lowest BCUT2D eigenvalue weighted by Gasteiger charge is -2.11. The van der Waals surface area contributed by atoms with Gasteiger partial charge in [-0.2, -0.15) is 5.26 Å². The molecule has 4 rings (SSSR count). The Labute approximate surface area is 160 Å². The zero-order valence-electron chi connectivity index (χ0n) is 14.0. The fourth-order valence-electron chi connectivity index (χ4n) is 2.68. The lowest BCUT2D eigenvalue weighted by Crippen LogP contribution is -2.13. The third-order valence-corrected chi connectivity index (χ3v) is 6.40. The second-order valence-corrected chi connectivity index (χ2v) is 8.49. The predicted molar refractivity (Wildman–Crippen MR) is 107 cm³/mol. The summed E-state index contributed by atoms with van der Waals surface area (Å²) in [5.41, 5.74) is 2.31. The molecule has 0 amide bonds. The first kappa shape index (κ1) is 17.2. The van der Waals surface area contributed by atoms with Crippen LogP contribution in [0.2, 0.25) is 0 Å². The molecular formula is C20H13N3O2S2. The van der Waals surface area contributed by atoms with Gasteiger partial charge in [0.05, 0.1) is 32.4 Å². The van der Waals surface area contributed by atoms with Crippen molar-refractivity contribution in [3.05, 3.63) is 78.4 Å². The van der Waals surface area contributed by atoms with Gasteiger partial charge >= 0.3 is 0 Å². The van der Waals surface area contributed by atoms with E-state index in [0.29, 0.717) is 11.3 Å². The number of nitrogens with zero attached hydrogens (tertiary/aromatic N) is 2. The van der Waals surface area contributed by atoms with Crippen molar-refractivity contribution in [3.8, 4) is 16.6 Å². The average molecular weight is 391 g/mol. The minimum atomic E-state index is -3.83. The van der Waals surface area contributed by atoms with Crippen LogP contribution in [0.3, 0.4) is 0 Å². The highest BCUT2D eigenvalue weighted by Gasteiger charge is 2.18. The standard InChI is InChI=1S/C20H13N3O2S2/c21-13-14-6-5-7-15(12-14)27(24,25)23-17-9-2-1-8-16(17)20-22-18-10-3-4-11-19(18)26-20/h1-12,23H. The molecule has 0 saturated carbocycles. The van der Waals surface area contributed by atoms with E-state index in [1.807, 2.05) is 42.5 Å². The largest absolute Gasteiger partial charge is 0.279 e. The van der Waals surface area contributed by atoms with Gasteiger partial charge in [0, 0.05) is 5.56 Å². The van der Waals surface area contributed by atoms with Crippen LogP contribution in [0.15, 0.2) is 77.7 Å². The van der Waals surface area contributed by atoms with Gasteiger partial charge in [0.2, 0.25) is 0 Å². The summed E-state index contributed by atoms with van der Waals surface area (Å²) in [6.07, 6.45) is 0. The van der Waals surface area contributed by atoms with Gasteiger partial charge < -0.3 is 0 Å². The van der Waals surface area contributed by atoms with Crippen LogP contribution in [0.1, 0.15) is 5.56 Å². The van der Waals surface area contributed by atoms with E-state index in [2.05, 4.69) is 9.71 Å². The zero-order valence-corrected chi connectivity index (χ0v) is 15.6. The number of thiazole rings is 1. The Morgan fingerprint density at radius 3 is 2.56 bits per heavy atom. The van der Waals surface area contributed by atoms with Crippen LogP contribution in [0.25, 0.3) is 20.8 Å². The number of benzene rings is 3. The molecule has 0 aliphatic heterocycles. The van der Waals surface area contributed by atoms with E-state index >= 15 is 0 Å². The maximum Gasteiger partial charge on any atom is 0.261 e. The molecule has 0 bridgehead atoms. The SMILES string of the molecule is N#Cc1cccc(S(=O)(=O)Nc2ccccc2-c2nc3ccccc3s2)c1. The van der Waals surface area contributed by atoms with Gasteiger partial charge in [-0.05, 0) is 42.5 Å². The Morgan fingerprint density at radius 2 is 1.74 bits per heavy atom. The first-order valence-corrected chi connectivity index (χ1v) is 10.3. The Bertz CT molecular complexity index is 1250. The summed E-state index contributed by atoms with van der Waals surface area (Å²) in [6.45, 7) is 0. The molecule has 7 heteroatoms. The molecule has 5 nitrogen and oxygen atoms in total. The number of aromatic nitrogens is 1. The fourth-order valence-corrected chi connectivity index (χ4v) is 4.81. The number of para-hydroxylation sites is 2.